The molecular weight excluding hydrogens is 214 g/mol. The molecule has 0 amide bonds. The van der Waals surface area contributed by atoms with Crippen LogP contribution in [0.3, 0.4) is 0 Å². The Labute approximate surface area is 97.8 Å². The number of pyridine rings is 1. The van der Waals surface area contributed by atoms with Crippen molar-refractivity contribution in [3.8, 4) is 24.3 Å². The molecule has 1 aliphatic carbocycles. The Morgan fingerprint density at radius 1 is 0.882 bits per heavy atom. The lowest BCUT2D eigenvalue weighted by atomic mass is 9.98. The lowest BCUT2D eigenvalue weighted by Crippen LogP contribution is -2.05. The zero-order valence-corrected chi connectivity index (χ0v) is 8.62. The molecule has 5 heteroatoms. The van der Waals surface area contributed by atoms with Crippen molar-refractivity contribution in [2.24, 2.45) is 10.8 Å². The van der Waals surface area contributed by atoms with Crippen LogP contribution in [0.5, 0.6) is 0 Å². The zero-order valence-electron chi connectivity index (χ0n) is 8.62. The molecule has 1 aliphatic rings. The second kappa shape index (κ2) is 3.31. The van der Waals surface area contributed by atoms with Crippen LogP contribution in [0.25, 0.3) is 0 Å². The number of rotatable bonds is 1. The van der Waals surface area contributed by atoms with Crippen molar-refractivity contribution in [2.75, 3.05) is 0 Å². The first kappa shape index (κ1) is 10.6. The van der Waals surface area contributed by atoms with Crippen LogP contribution in [0.15, 0.2) is 24.5 Å². The number of nitriles is 4. The average Bonchev–Trinajstić information content (AvgIpc) is 3.02. The summed E-state index contributed by atoms with van der Waals surface area (Å²) in [6.07, 6.45) is 3.01. The molecule has 1 fully saturated rings. The molecule has 1 saturated carbocycles. The van der Waals surface area contributed by atoms with E-state index in [1.807, 2.05) is 24.3 Å². The topological polar surface area (TPSA) is 108 Å². The number of nitrogens with zero attached hydrogens (tertiary/aromatic N) is 5. The highest BCUT2D eigenvalue weighted by Gasteiger charge is 2.81. The van der Waals surface area contributed by atoms with Gasteiger partial charge in [-0.15, -0.1) is 0 Å². The van der Waals surface area contributed by atoms with Crippen molar-refractivity contribution in [3.05, 3.63) is 30.1 Å². The van der Waals surface area contributed by atoms with Crippen molar-refractivity contribution in [3.63, 3.8) is 0 Å². The summed E-state index contributed by atoms with van der Waals surface area (Å²) >= 11 is 0. The summed E-state index contributed by atoms with van der Waals surface area (Å²) in [4.78, 5) is 3.82. The molecule has 0 spiro atoms. The highest BCUT2D eigenvalue weighted by Crippen LogP contribution is 2.73. The van der Waals surface area contributed by atoms with Crippen LogP contribution in [-0.4, -0.2) is 4.98 Å². The first-order valence-corrected chi connectivity index (χ1v) is 4.77. The van der Waals surface area contributed by atoms with E-state index < -0.39 is 16.7 Å². The number of hydrogen-bond donors (Lipinski definition) is 0. The second-order valence-corrected chi connectivity index (χ2v) is 3.78. The first-order chi connectivity index (χ1) is 8.22. The Kier molecular flexibility index (Phi) is 2.07. The Hall–Kier alpha value is -2.89. The molecule has 0 saturated heterocycles. The van der Waals surface area contributed by atoms with Crippen LogP contribution in [0.4, 0.5) is 0 Å². The van der Waals surface area contributed by atoms with E-state index in [4.69, 9.17) is 21.0 Å². The van der Waals surface area contributed by atoms with E-state index in [1.165, 1.54) is 12.4 Å². The number of hydrogen-bond acceptors (Lipinski definition) is 5. The molecule has 1 aromatic heterocycles. The normalized spacial score (nSPS) is 19.1. The van der Waals surface area contributed by atoms with Crippen molar-refractivity contribution >= 4 is 0 Å². The fraction of sp³-hybridized carbons (Fsp3) is 0.250. The fourth-order valence-electron chi connectivity index (χ4n) is 2.19. The Balaban J connectivity index is 2.61. The van der Waals surface area contributed by atoms with Gasteiger partial charge in [0.05, 0.1) is 30.2 Å². The lowest BCUT2D eigenvalue weighted by Gasteiger charge is -1.96. The highest BCUT2D eigenvalue weighted by atomic mass is 14.8. The minimum atomic E-state index is -1.57. The van der Waals surface area contributed by atoms with Gasteiger partial charge in [0.15, 0.2) is 10.8 Å². The molecule has 0 unspecified atom stereocenters. The first-order valence-electron chi connectivity index (χ1n) is 4.77. The molecule has 17 heavy (non-hydrogen) atoms. The van der Waals surface area contributed by atoms with E-state index in [-0.39, 0.29) is 0 Å². The third kappa shape index (κ3) is 1.01. The Morgan fingerprint density at radius 3 is 1.65 bits per heavy atom. The third-order valence-corrected chi connectivity index (χ3v) is 3.15. The standard InChI is InChI=1S/C12H5N5/c13-5-11(6-14)10(12(11,7-15)8-16)9-1-3-17-4-2-9/h1-4,10H. The minimum Gasteiger partial charge on any atom is -0.265 e. The van der Waals surface area contributed by atoms with E-state index in [1.54, 1.807) is 12.1 Å². The second-order valence-electron chi connectivity index (χ2n) is 3.78. The van der Waals surface area contributed by atoms with Crippen LogP contribution < -0.4 is 0 Å². The monoisotopic (exact) mass is 219 g/mol. The lowest BCUT2D eigenvalue weighted by molar-refractivity contribution is 0.727. The predicted octanol–water partition coefficient (Wildman–Crippen LogP) is 1.25. The van der Waals surface area contributed by atoms with E-state index in [0.29, 0.717) is 5.56 Å². The van der Waals surface area contributed by atoms with Crippen LogP contribution >= 0.6 is 0 Å². The van der Waals surface area contributed by atoms with Gasteiger partial charge in [0, 0.05) is 12.4 Å². The molecule has 0 bridgehead atoms. The van der Waals surface area contributed by atoms with Gasteiger partial charge < -0.3 is 0 Å². The third-order valence-electron chi connectivity index (χ3n) is 3.15. The minimum absolute atomic E-state index is 0.617. The summed E-state index contributed by atoms with van der Waals surface area (Å²) in [5.41, 5.74) is -2.53. The molecule has 0 aromatic carbocycles. The molecule has 0 atom stereocenters. The average molecular weight is 219 g/mol. The van der Waals surface area contributed by atoms with E-state index in [9.17, 15) is 0 Å². The van der Waals surface area contributed by atoms with Gasteiger partial charge in [0.25, 0.3) is 0 Å². The molecule has 2 rings (SSSR count). The summed E-state index contributed by atoms with van der Waals surface area (Å²) in [7, 11) is 0. The van der Waals surface area contributed by atoms with Gasteiger partial charge in [-0.3, -0.25) is 4.98 Å². The largest absolute Gasteiger partial charge is 0.265 e. The highest BCUT2D eigenvalue weighted by molar-refractivity contribution is 5.58. The summed E-state index contributed by atoms with van der Waals surface area (Å²) < 4.78 is 0. The van der Waals surface area contributed by atoms with Crippen molar-refractivity contribution < 1.29 is 0 Å². The van der Waals surface area contributed by atoms with Crippen molar-refractivity contribution in [1.82, 2.24) is 4.98 Å². The predicted molar refractivity (Wildman–Crippen MR) is 54.3 cm³/mol. The van der Waals surface area contributed by atoms with Gasteiger partial charge in [0.2, 0.25) is 0 Å². The number of aromatic nitrogens is 1. The van der Waals surface area contributed by atoms with E-state index >= 15 is 0 Å². The summed E-state index contributed by atoms with van der Waals surface area (Å²) in [6.45, 7) is 0. The summed E-state index contributed by atoms with van der Waals surface area (Å²) in [6, 6.07) is 10.5. The van der Waals surface area contributed by atoms with Crippen LogP contribution in [0.1, 0.15) is 11.5 Å². The van der Waals surface area contributed by atoms with Gasteiger partial charge in [-0.25, -0.2) is 0 Å². The molecule has 1 heterocycles. The fourth-order valence-corrected chi connectivity index (χ4v) is 2.19. The molecular formula is C12H5N5. The van der Waals surface area contributed by atoms with Crippen LogP contribution in [-0.2, 0) is 0 Å². The maximum Gasteiger partial charge on any atom is 0.185 e. The van der Waals surface area contributed by atoms with E-state index in [0.717, 1.165) is 0 Å². The smallest absolute Gasteiger partial charge is 0.185 e. The van der Waals surface area contributed by atoms with Gasteiger partial charge in [-0.2, -0.15) is 21.0 Å². The quantitative estimate of drug-likeness (QED) is 0.706. The summed E-state index contributed by atoms with van der Waals surface area (Å²) in [5.74, 6) is -0.692. The maximum absolute atomic E-state index is 9.10. The van der Waals surface area contributed by atoms with Crippen LogP contribution in [0.2, 0.25) is 0 Å². The van der Waals surface area contributed by atoms with Gasteiger partial charge in [0.1, 0.15) is 0 Å². The molecule has 78 valence electrons. The Bertz CT molecular complexity index is 554. The van der Waals surface area contributed by atoms with Gasteiger partial charge >= 0.3 is 0 Å². The Morgan fingerprint density at radius 2 is 1.29 bits per heavy atom. The van der Waals surface area contributed by atoms with Crippen molar-refractivity contribution in [1.29, 1.82) is 21.0 Å². The van der Waals surface area contributed by atoms with Crippen LogP contribution in [0, 0.1) is 56.2 Å². The van der Waals surface area contributed by atoms with Gasteiger partial charge in [-0.05, 0) is 17.7 Å². The van der Waals surface area contributed by atoms with Gasteiger partial charge in [-0.1, -0.05) is 0 Å². The van der Waals surface area contributed by atoms with Crippen molar-refractivity contribution in [2.45, 2.75) is 5.92 Å². The molecule has 0 aliphatic heterocycles. The SMILES string of the molecule is N#CC1(C#N)C(c2ccncc2)C1(C#N)C#N. The molecule has 5 nitrogen and oxygen atoms in total. The molecule has 0 N–H and O–H groups in total. The maximum atomic E-state index is 9.10. The van der Waals surface area contributed by atoms with E-state index in [2.05, 4.69) is 4.98 Å². The molecule has 1 aromatic rings. The zero-order chi connectivity index (χ0) is 12.5. The summed E-state index contributed by atoms with van der Waals surface area (Å²) in [5, 5.41) is 36.4. The molecule has 0 radical (unpaired) electrons.